The van der Waals surface area contributed by atoms with E-state index in [0.29, 0.717) is 42.5 Å². The van der Waals surface area contributed by atoms with E-state index in [1.807, 2.05) is 0 Å². The van der Waals surface area contributed by atoms with Crippen LogP contribution in [0.2, 0.25) is 0 Å². The van der Waals surface area contributed by atoms with Gasteiger partial charge in [0.1, 0.15) is 12.1 Å². The van der Waals surface area contributed by atoms with E-state index in [4.69, 9.17) is 4.74 Å². The zero-order valence-electron chi connectivity index (χ0n) is 23.1. The topological polar surface area (TPSA) is 60.4 Å². The fourth-order valence-corrected chi connectivity index (χ4v) is 10.5. The summed E-state index contributed by atoms with van der Waals surface area (Å²) in [7, 11) is 0. The van der Waals surface area contributed by atoms with Gasteiger partial charge in [-0.05, 0) is 112 Å². The molecule has 9 atom stereocenters. The summed E-state index contributed by atoms with van der Waals surface area (Å²) in [5.74, 6) is 2.20. The molecule has 0 spiro atoms. The molecule has 4 nitrogen and oxygen atoms in total. The van der Waals surface area contributed by atoms with Gasteiger partial charge < -0.3 is 9.53 Å². The van der Waals surface area contributed by atoms with Crippen molar-refractivity contribution in [3.05, 3.63) is 12.2 Å². The molecule has 4 aliphatic rings. The predicted octanol–water partition coefficient (Wildman–Crippen LogP) is 6.96. The quantitative estimate of drug-likeness (QED) is 0.223. The molecule has 4 rings (SSSR count). The minimum atomic E-state index is -0.172. The van der Waals surface area contributed by atoms with Gasteiger partial charge in [0.05, 0.1) is 6.61 Å². The molecule has 0 aromatic carbocycles. The number of Topliss-reactive ketones (excluding diaryl/α,β-unsaturated/α-hetero) is 1. The maximum atomic E-state index is 12.8. The van der Waals surface area contributed by atoms with Crippen molar-refractivity contribution in [2.45, 2.75) is 106 Å². The molecule has 0 aromatic rings. The third-order valence-electron chi connectivity index (χ3n) is 12.4. The zero-order chi connectivity index (χ0) is 25.8. The van der Waals surface area contributed by atoms with E-state index in [9.17, 15) is 14.4 Å². The van der Waals surface area contributed by atoms with Crippen molar-refractivity contribution in [1.29, 1.82) is 0 Å². The van der Waals surface area contributed by atoms with E-state index in [1.165, 1.54) is 12.5 Å². The number of fused-ring (bicyclic) bond motifs is 5. The van der Waals surface area contributed by atoms with Crippen LogP contribution in [0.4, 0.5) is 0 Å². The summed E-state index contributed by atoms with van der Waals surface area (Å²) in [6, 6.07) is 0. The average molecular weight is 485 g/mol. The van der Waals surface area contributed by atoms with Gasteiger partial charge in [-0.25, -0.2) is 0 Å². The highest BCUT2D eigenvalue weighted by Crippen LogP contribution is 2.75. The Morgan fingerprint density at radius 1 is 0.943 bits per heavy atom. The summed E-state index contributed by atoms with van der Waals surface area (Å²) < 4.78 is 5.74. The zero-order valence-corrected chi connectivity index (χ0v) is 23.1. The highest BCUT2D eigenvalue weighted by atomic mass is 16.5. The summed E-state index contributed by atoms with van der Waals surface area (Å²) in [5.41, 5.74) is 1.54. The second-order valence-electron chi connectivity index (χ2n) is 13.6. The molecule has 0 unspecified atom stereocenters. The number of aldehydes is 1. The van der Waals surface area contributed by atoms with Crippen LogP contribution in [-0.4, -0.2) is 24.6 Å². The van der Waals surface area contributed by atoms with Crippen LogP contribution in [0.15, 0.2) is 12.2 Å². The van der Waals surface area contributed by atoms with Crippen LogP contribution in [0, 0.1) is 51.2 Å². The lowest BCUT2D eigenvalue weighted by Crippen LogP contribution is -2.64. The molecule has 0 N–H and O–H groups in total. The molecule has 0 aromatic heterocycles. The first kappa shape index (κ1) is 26.6. The Hall–Kier alpha value is -1.45. The van der Waals surface area contributed by atoms with E-state index in [-0.39, 0.29) is 33.5 Å². The molecule has 0 amide bonds. The summed E-state index contributed by atoms with van der Waals surface area (Å²) >= 11 is 0. The number of carbonyl (C=O) groups excluding carboxylic acids is 3. The van der Waals surface area contributed by atoms with Crippen LogP contribution in [0.25, 0.3) is 0 Å². The van der Waals surface area contributed by atoms with Gasteiger partial charge in [0.15, 0.2) is 0 Å². The molecule has 35 heavy (non-hydrogen) atoms. The maximum absolute atomic E-state index is 12.8. The van der Waals surface area contributed by atoms with Crippen molar-refractivity contribution in [2.24, 2.45) is 51.2 Å². The van der Waals surface area contributed by atoms with Crippen molar-refractivity contribution in [1.82, 2.24) is 0 Å². The van der Waals surface area contributed by atoms with Crippen molar-refractivity contribution in [3.63, 3.8) is 0 Å². The first-order chi connectivity index (χ1) is 16.4. The Morgan fingerprint density at radius 2 is 1.66 bits per heavy atom. The number of hydrogen-bond donors (Lipinski definition) is 0. The first-order valence-electron chi connectivity index (χ1n) is 14.1. The number of allylic oxidation sites excluding steroid dienone is 1. The van der Waals surface area contributed by atoms with Gasteiger partial charge in [-0.1, -0.05) is 32.9 Å². The van der Waals surface area contributed by atoms with Gasteiger partial charge in [-0.2, -0.15) is 0 Å². The average Bonchev–Trinajstić information content (AvgIpc) is 3.17. The van der Waals surface area contributed by atoms with Gasteiger partial charge in [0, 0.05) is 24.7 Å². The Labute approximate surface area is 213 Å². The summed E-state index contributed by atoms with van der Waals surface area (Å²) in [4.78, 5) is 36.1. The maximum Gasteiger partial charge on any atom is 0.302 e. The second kappa shape index (κ2) is 9.14. The number of esters is 1. The molecule has 4 heteroatoms. The monoisotopic (exact) mass is 484 g/mol. The molecule has 0 heterocycles. The van der Waals surface area contributed by atoms with E-state index >= 15 is 0 Å². The Kier molecular flexibility index (Phi) is 6.95. The number of rotatable bonds is 7. The molecular weight excluding hydrogens is 436 g/mol. The molecule has 0 radical (unpaired) electrons. The van der Waals surface area contributed by atoms with Crippen molar-refractivity contribution in [2.75, 3.05) is 6.61 Å². The lowest BCUT2D eigenvalue weighted by molar-refractivity contribution is -0.222. The normalized spacial score (nSPS) is 46.6. The number of hydrogen-bond acceptors (Lipinski definition) is 4. The Bertz CT molecular complexity index is 892. The van der Waals surface area contributed by atoms with E-state index < -0.39 is 0 Å². The highest BCUT2D eigenvalue weighted by molar-refractivity contribution is 5.79. The number of ether oxygens (including phenoxy) is 1. The SMILES string of the molecule is C=C(C)[C@@H]1CC[C@]2(COC(C)=O)CC[C@]3(C)[C@H](CC[C@@H]4[C@@](C)(CCC=O)[C@H](C(C)=O)CC[C@]43C)[C@@H]12. The molecule has 196 valence electrons. The molecule has 0 saturated heterocycles. The molecule has 4 fully saturated rings. The van der Waals surface area contributed by atoms with Crippen molar-refractivity contribution >= 4 is 18.0 Å². The van der Waals surface area contributed by atoms with Crippen LogP contribution in [0.1, 0.15) is 106 Å². The summed E-state index contributed by atoms with van der Waals surface area (Å²) in [6.07, 6.45) is 11.2. The molecule has 4 aliphatic carbocycles. The number of ketones is 1. The minimum Gasteiger partial charge on any atom is -0.465 e. The highest BCUT2D eigenvalue weighted by Gasteiger charge is 2.69. The van der Waals surface area contributed by atoms with Crippen molar-refractivity contribution < 1.29 is 19.1 Å². The number of carbonyl (C=O) groups is 3. The predicted molar refractivity (Wildman–Crippen MR) is 139 cm³/mol. The Morgan fingerprint density at radius 3 is 2.26 bits per heavy atom. The largest absolute Gasteiger partial charge is 0.465 e. The molecule has 0 bridgehead atoms. The van der Waals surface area contributed by atoms with Crippen LogP contribution < -0.4 is 0 Å². The molecule has 4 saturated carbocycles. The van der Waals surface area contributed by atoms with Gasteiger partial charge >= 0.3 is 5.97 Å². The minimum absolute atomic E-state index is 0.0574. The smallest absolute Gasteiger partial charge is 0.302 e. The summed E-state index contributed by atoms with van der Waals surface area (Å²) in [6.45, 7) is 17.9. The van der Waals surface area contributed by atoms with Crippen LogP contribution in [-0.2, 0) is 19.1 Å². The van der Waals surface area contributed by atoms with Gasteiger partial charge in [-0.15, -0.1) is 0 Å². The van der Waals surface area contributed by atoms with E-state index in [0.717, 1.165) is 64.1 Å². The lowest BCUT2D eigenvalue weighted by atomic mass is 9.34. The van der Waals surface area contributed by atoms with E-state index in [2.05, 4.69) is 34.3 Å². The van der Waals surface area contributed by atoms with Gasteiger partial charge in [-0.3, -0.25) is 9.59 Å². The summed E-state index contributed by atoms with van der Waals surface area (Å²) in [5, 5.41) is 0. The van der Waals surface area contributed by atoms with Gasteiger partial charge in [0.25, 0.3) is 0 Å². The lowest BCUT2D eigenvalue weighted by Gasteiger charge is -2.70. The van der Waals surface area contributed by atoms with E-state index in [1.54, 1.807) is 6.92 Å². The molecular formula is C31H48O4. The fraction of sp³-hybridized carbons (Fsp3) is 0.839. The standard InChI is InChI=1S/C31H48O4/c1-20(2)23-11-15-31(19-35-22(4)34)17-16-29(6)25(27(23)31)9-10-26-28(5,13-8-18-32)24(21(3)33)12-14-30(26,29)7/h18,23-27H,1,8-17,19H2,2-7H3/t23-,24-,25+,26+,27+,28-,29+,30+,31+/m0/s1. The van der Waals surface area contributed by atoms with Crippen LogP contribution >= 0.6 is 0 Å². The third-order valence-corrected chi connectivity index (χ3v) is 12.4. The second-order valence-corrected chi connectivity index (χ2v) is 13.6. The van der Waals surface area contributed by atoms with Crippen molar-refractivity contribution in [3.8, 4) is 0 Å². The molecule has 0 aliphatic heterocycles. The Balaban J connectivity index is 1.75. The third kappa shape index (κ3) is 3.87. The fourth-order valence-electron chi connectivity index (χ4n) is 10.5. The first-order valence-corrected chi connectivity index (χ1v) is 14.1. The van der Waals surface area contributed by atoms with Crippen LogP contribution in [0.3, 0.4) is 0 Å². The van der Waals surface area contributed by atoms with Gasteiger partial charge in [0.2, 0.25) is 0 Å². The van der Waals surface area contributed by atoms with Crippen LogP contribution in [0.5, 0.6) is 0 Å².